The standard InChI is InChI=1S/C23H28F3N3O/c1-3-27(4-2)17-18-8-10-19(11-9-18)22(30)29-14-12-28(13-15-29)21-7-5-6-20(16-21)23(24,25)26/h5-11,16H,3-4,12-15,17H2,1-2H3. The maximum atomic E-state index is 13.0. The molecule has 2 aromatic carbocycles. The zero-order chi connectivity index (χ0) is 21.7. The normalized spacial score (nSPS) is 15.0. The third-order valence-corrected chi connectivity index (χ3v) is 5.61. The van der Waals surface area contributed by atoms with Gasteiger partial charge in [-0.15, -0.1) is 0 Å². The van der Waals surface area contributed by atoms with Crippen LogP contribution in [-0.4, -0.2) is 55.0 Å². The number of amides is 1. The van der Waals surface area contributed by atoms with E-state index in [0.717, 1.165) is 25.7 Å². The largest absolute Gasteiger partial charge is 0.416 e. The fourth-order valence-electron chi connectivity index (χ4n) is 3.69. The first-order chi connectivity index (χ1) is 14.3. The SMILES string of the molecule is CCN(CC)Cc1ccc(C(=O)N2CCN(c3cccc(C(F)(F)F)c3)CC2)cc1. The highest BCUT2D eigenvalue weighted by Crippen LogP contribution is 2.32. The van der Waals surface area contributed by atoms with Crippen LogP contribution in [0.2, 0.25) is 0 Å². The van der Waals surface area contributed by atoms with E-state index in [1.54, 1.807) is 11.0 Å². The zero-order valence-electron chi connectivity index (χ0n) is 17.5. The van der Waals surface area contributed by atoms with Gasteiger partial charge in [0.15, 0.2) is 0 Å². The van der Waals surface area contributed by atoms with Crippen molar-refractivity contribution in [2.45, 2.75) is 26.6 Å². The van der Waals surface area contributed by atoms with E-state index in [4.69, 9.17) is 0 Å². The molecule has 2 aromatic rings. The van der Waals surface area contributed by atoms with Crippen LogP contribution >= 0.6 is 0 Å². The molecule has 1 amide bonds. The third-order valence-electron chi connectivity index (χ3n) is 5.61. The summed E-state index contributed by atoms with van der Waals surface area (Å²) in [6.07, 6.45) is -4.36. The summed E-state index contributed by atoms with van der Waals surface area (Å²) < 4.78 is 38.9. The molecule has 1 fully saturated rings. The Hall–Kier alpha value is -2.54. The highest BCUT2D eigenvalue weighted by molar-refractivity contribution is 5.94. The van der Waals surface area contributed by atoms with Crippen LogP contribution in [0, 0.1) is 0 Å². The van der Waals surface area contributed by atoms with Gasteiger partial charge >= 0.3 is 6.18 Å². The molecule has 1 heterocycles. The van der Waals surface area contributed by atoms with Crippen molar-refractivity contribution in [3.05, 3.63) is 65.2 Å². The summed E-state index contributed by atoms with van der Waals surface area (Å²) in [4.78, 5) is 18.8. The van der Waals surface area contributed by atoms with Crippen LogP contribution in [0.5, 0.6) is 0 Å². The molecule has 162 valence electrons. The van der Waals surface area contributed by atoms with Gasteiger partial charge in [-0.25, -0.2) is 0 Å². The minimum atomic E-state index is -4.36. The summed E-state index contributed by atoms with van der Waals surface area (Å²) in [6.45, 7) is 9.05. The smallest absolute Gasteiger partial charge is 0.368 e. The molecule has 0 aliphatic carbocycles. The number of hydrogen-bond acceptors (Lipinski definition) is 3. The topological polar surface area (TPSA) is 26.8 Å². The number of rotatable bonds is 6. The van der Waals surface area contributed by atoms with Gasteiger partial charge in [-0.3, -0.25) is 9.69 Å². The Kier molecular flexibility index (Phi) is 7.02. The lowest BCUT2D eigenvalue weighted by atomic mass is 10.1. The molecule has 0 spiro atoms. The number of benzene rings is 2. The Bertz CT molecular complexity index is 840. The first kappa shape index (κ1) is 22.2. The third kappa shape index (κ3) is 5.33. The second kappa shape index (κ2) is 9.51. The van der Waals surface area contributed by atoms with Crippen molar-refractivity contribution in [2.75, 3.05) is 44.2 Å². The van der Waals surface area contributed by atoms with Crippen LogP contribution in [0.4, 0.5) is 18.9 Å². The van der Waals surface area contributed by atoms with Crippen LogP contribution in [0.1, 0.15) is 35.3 Å². The van der Waals surface area contributed by atoms with Gasteiger partial charge in [0.2, 0.25) is 0 Å². The zero-order valence-corrected chi connectivity index (χ0v) is 17.5. The van der Waals surface area contributed by atoms with E-state index in [1.165, 1.54) is 17.7 Å². The molecular formula is C23H28F3N3O. The molecule has 30 heavy (non-hydrogen) atoms. The molecule has 0 saturated carbocycles. The van der Waals surface area contributed by atoms with Gasteiger partial charge in [-0.2, -0.15) is 13.2 Å². The molecule has 1 aliphatic rings. The molecule has 0 radical (unpaired) electrons. The molecule has 7 heteroatoms. The number of carbonyl (C=O) groups excluding carboxylic acids is 1. The molecular weight excluding hydrogens is 391 g/mol. The van der Waals surface area contributed by atoms with Crippen molar-refractivity contribution >= 4 is 11.6 Å². The van der Waals surface area contributed by atoms with Crippen LogP contribution in [0.15, 0.2) is 48.5 Å². The number of halogens is 3. The monoisotopic (exact) mass is 419 g/mol. The number of carbonyl (C=O) groups is 1. The van der Waals surface area contributed by atoms with E-state index in [2.05, 4.69) is 18.7 Å². The number of anilines is 1. The molecule has 0 N–H and O–H groups in total. The molecule has 0 atom stereocenters. The minimum absolute atomic E-state index is 0.0342. The lowest BCUT2D eigenvalue weighted by Crippen LogP contribution is -2.48. The highest BCUT2D eigenvalue weighted by Gasteiger charge is 2.31. The maximum Gasteiger partial charge on any atom is 0.416 e. The van der Waals surface area contributed by atoms with Gasteiger partial charge < -0.3 is 9.80 Å². The number of hydrogen-bond donors (Lipinski definition) is 0. The van der Waals surface area contributed by atoms with E-state index in [9.17, 15) is 18.0 Å². The van der Waals surface area contributed by atoms with Gasteiger partial charge in [0.1, 0.15) is 0 Å². The highest BCUT2D eigenvalue weighted by atomic mass is 19.4. The molecule has 0 unspecified atom stereocenters. The number of alkyl halides is 3. The predicted octanol–water partition coefficient (Wildman–Crippen LogP) is 4.51. The minimum Gasteiger partial charge on any atom is -0.368 e. The van der Waals surface area contributed by atoms with Gasteiger partial charge in [0, 0.05) is 44.0 Å². The van der Waals surface area contributed by atoms with Crippen molar-refractivity contribution < 1.29 is 18.0 Å². The van der Waals surface area contributed by atoms with Crippen LogP contribution in [0.3, 0.4) is 0 Å². The van der Waals surface area contributed by atoms with Crippen molar-refractivity contribution in [2.24, 2.45) is 0 Å². The number of nitrogens with zero attached hydrogens (tertiary/aromatic N) is 3. The van der Waals surface area contributed by atoms with Crippen molar-refractivity contribution in [3.63, 3.8) is 0 Å². The van der Waals surface area contributed by atoms with E-state index in [0.29, 0.717) is 37.4 Å². The summed E-state index contributed by atoms with van der Waals surface area (Å²) in [5.41, 5.74) is 1.71. The first-order valence-corrected chi connectivity index (χ1v) is 10.3. The second-order valence-electron chi connectivity index (χ2n) is 7.49. The average Bonchev–Trinajstić information content (AvgIpc) is 2.77. The first-order valence-electron chi connectivity index (χ1n) is 10.3. The molecule has 1 saturated heterocycles. The Balaban J connectivity index is 1.59. The fraction of sp³-hybridized carbons (Fsp3) is 0.435. The second-order valence-corrected chi connectivity index (χ2v) is 7.49. The lowest BCUT2D eigenvalue weighted by molar-refractivity contribution is -0.137. The Morgan fingerprint density at radius 1 is 0.967 bits per heavy atom. The van der Waals surface area contributed by atoms with Gasteiger partial charge in [0.05, 0.1) is 5.56 Å². The van der Waals surface area contributed by atoms with E-state index < -0.39 is 11.7 Å². The molecule has 0 bridgehead atoms. The van der Waals surface area contributed by atoms with Gasteiger partial charge in [-0.1, -0.05) is 32.0 Å². The summed E-state index contributed by atoms with van der Waals surface area (Å²) in [7, 11) is 0. The summed E-state index contributed by atoms with van der Waals surface area (Å²) in [6, 6.07) is 13.1. The van der Waals surface area contributed by atoms with E-state index in [1.807, 2.05) is 29.2 Å². The van der Waals surface area contributed by atoms with Crippen LogP contribution in [-0.2, 0) is 12.7 Å². The van der Waals surface area contributed by atoms with Crippen LogP contribution < -0.4 is 4.90 Å². The summed E-state index contributed by atoms with van der Waals surface area (Å²) in [5.74, 6) is -0.0342. The molecule has 3 rings (SSSR count). The van der Waals surface area contributed by atoms with Crippen molar-refractivity contribution in [3.8, 4) is 0 Å². The maximum absolute atomic E-state index is 13.0. The van der Waals surface area contributed by atoms with E-state index in [-0.39, 0.29) is 5.91 Å². The van der Waals surface area contributed by atoms with Crippen molar-refractivity contribution in [1.82, 2.24) is 9.80 Å². The average molecular weight is 419 g/mol. The van der Waals surface area contributed by atoms with E-state index >= 15 is 0 Å². The number of piperazine rings is 1. The Morgan fingerprint density at radius 2 is 1.60 bits per heavy atom. The quantitative estimate of drug-likeness (QED) is 0.689. The molecule has 1 aliphatic heterocycles. The van der Waals surface area contributed by atoms with Gasteiger partial charge in [0.25, 0.3) is 5.91 Å². The fourth-order valence-corrected chi connectivity index (χ4v) is 3.69. The molecule has 0 aromatic heterocycles. The molecule has 4 nitrogen and oxygen atoms in total. The Labute approximate surface area is 175 Å². The Morgan fingerprint density at radius 3 is 2.17 bits per heavy atom. The van der Waals surface area contributed by atoms with Crippen molar-refractivity contribution in [1.29, 1.82) is 0 Å². The predicted molar refractivity (Wildman–Crippen MR) is 113 cm³/mol. The summed E-state index contributed by atoms with van der Waals surface area (Å²) in [5, 5.41) is 0. The van der Waals surface area contributed by atoms with Gasteiger partial charge in [-0.05, 0) is 49.0 Å². The van der Waals surface area contributed by atoms with Crippen LogP contribution in [0.25, 0.3) is 0 Å². The summed E-state index contributed by atoms with van der Waals surface area (Å²) >= 11 is 0. The lowest BCUT2D eigenvalue weighted by Gasteiger charge is -2.36.